The number of ether oxygens (including phenoxy) is 2. The van der Waals surface area contributed by atoms with Gasteiger partial charge >= 0.3 is 0 Å². The van der Waals surface area contributed by atoms with Gasteiger partial charge in [-0.1, -0.05) is 31.1 Å². The lowest BCUT2D eigenvalue weighted by molar-refractivity contribution is 0.0202. The Morgan fingerprint density at radius 1 is 1.09 bits per heavy atom. The molecule has 1 atom stereocenters. The topological polar surface area (TPSA) is 62.2 Å². The SMILES string of the molecule is [2H]c1cc(C2Oc3cc(O)cc([2H])c3C(C([2H])([2H])[2H])=C2c2ccc(O)cc2)cc([2H])c1OC1CN(C([2H])([2H])C([2H])([2H])C([2H])([2H])[2H])C1. The first-order valence-corrected chi connectivity index (χ1v) is 10.2. The number of rotatable bonds is 6. The van der Waals surface area contributed by atoms with Crippen molar-refractivity contribution < 1.29 is 37.5 Å². The van der Waals surface area contributed by atoms with Crippen molar-refractivity contribution in [3.05, 3.63) is 83.3 Å². The van der Waals surface area contributed by atoms with Crippen LogP contribution < -0.4 is 9.47 Å². The van der Waals surface area contributed by atoms with Crippen LogP contribution in [0.5, 0.6) is 23.0 Å². The van der Waals surface area contributed by atoms with E-state index in [4.69, 9.17) is 27.3 Å². The minimum Gasteiger partial charge on any atom is -0.508 e. The highest BCUT2D eigenvalue weighted by Gasteiger charge is 2.30. The lowest BCUT2D eigenvalue weighted by Gasteiger charge is -2.38. The summed E-state index contributed by atoms with van der Waals surface area (Å²) in [6, 6.07) is 9.61. The van der Waals surface area contributed by atoms with Crippen molar-refractivity contribution in [3.8, 4) is 23.0 Å². The number of phenolic OH excluding ortho intramolecular Hbond substituents is 2. The minimum atomic E-state index is -3.23. The number of fused-ring (bicyclic) bond motifs is 1. The molecule has 0 radical (unpaired) electrons. The van der Waals surface area contributed by atoms with Crippen LogP contribution in [-0.2, 0) is 0 Å². The Morgan fingerprint density at radius 3 is 2.61 bits per heavy atom. The van der Waals surface area contributed by atoms with Crippen molar-refractivity contribution in [2.24, 2.45) is 0 Å². The third-order valence-electron chi connectivity index (χ3n) is 5.48. The van der Waals surface area contributed by atoms with E-state index in [0.717, 1.165) is 11.0 Å². The first kappa shape index (κ1) is 11.1. The summed E-state index contributed by atoms with van der Waals surface area (Å²) in [4.78, 5) is 0.972. The molecule has 1 unspecified atom stereocenters. The van der Waals surface area contributed by atoms with Gasteiger partial charge in [-0.2, -0.15) is 0 Å². The molecule has 5 heteroatoms. The molecule has 3 aromatic rings. The zero-order chi connectivity index (χ0) is 34.1. The summed E-state index contributed by atoms with van der Waals surface area (Å²) in [5.74, 6) is -0.707. The van der Waals surface area contributed by atoms with Crippen molar-refractivity contribution in [2.75, 3.05) is 19.6 Å². The molecule has 0 spiro atoms. The van der Waals surface area contributed by atoms with Crippen LogP contribution in [0.3, 0.4) is 0 Å². The van der Waals surface area contributed by atoms with E-state index in [1.165, 1.54) is 42.5 Å². The van der Waals surface area contributed by atoms with E-state index in [2.05, 4.69) is 0 Å². The maximum Gasteiger partial charge on any atom is 0.150 e. The summed E-state index contributed by atoms with van der Waals surface area (Å²) in [6.07, 6.45) is -5.21. The fourth-order valence-corrected chi connectivity index (χ4v) is 3.83. The Morgan fingerprint density at radius 2 is 1.88 bits per heavy atom. The predicted molar refractivity (Wildman–Crippen MR) is 130 cm³/mol. The Bertz CT molecular complexity index is 1670. The Balaban J connectivity index is 1.52. The molecule has 1 fully saturated rings. The Kier molecular flexibility index (Phi) is 2.98. The molecule has 5 nitrogen and oxygen atoms in total. The molecular formula is C28H29NO4. The lowest BCUT2D eigenvalue weighted by Crippen LogP contribution is -2.53. The highest BCUT2D eigenvalue weighted by atomic mass is 16.5. The van der Waals surface area contributed by atoms with Crippen LogP contribution in [0.1, 0.15) is 60.7 Å². The van der Waals surface area contributed by atoms with Crippen LogP contribution in [-0.4, -0.2) is 40.8 Å². The van der Waals surface area contributed by atoms with E-state index in [0.29, 0.717) is 5.56 Å². The van der Waals surface area contributed by atoms with Crippen molar-refractivity contribution in [3.63, 3.8) is 0 Å². The van der Waals surface area contributed by atoms with Gasteiger partial charge in [0, 0.05) is 44.0 Å². The molecule has 0 amide bonds. The average molecular weight is 457 g/mol. The first-order chi connectivity index (χ1) is 21.1. The number of nitrogens with zero attached hydrogens (tertiary/aromatic N) is 1. The summed E-state index contributed by atoms with van der Waals surface area (Å²) in [7, 11) is 0. The zero-order valence-electron chi connectivity index (χ0n) is 30.3. The number of hydrogen-bond acceptors (Lipinski definition) is 5. The van der Waals surface area contributed by atoms with Gasteiger partial charge < -0.3 is 19.7 Å². The number of hydrogen-bond donors (Lipinski definition) is 2. The molecule has 2 N–H and O–H groups in total. The van der Waals surface area contributed by atoms with Crippen molar-refractivity contribution in [2.45, 2.75) is 32.3 Å². The maximum atomic E-state index is 10.2. The van der Waals surface area contributed by atoms with Crippen molar-refractivity contribution in [1.82, 2.24) is 4.90 Å². The number of likely N-dealkylation sites (tertiary alicyclic amines) is 1. The van der Waals surface area contributed by atoms with E-state index in [1.807, 2.05) is 0 Å². The quantitative estimate of drug-likeness (QED) is 0.503. The van der Waals surface area contributed by atoms with Crippen LogP contribution in [0, 0.1) is 0 Å². The second-order valence-corrected chi connectivity index (χ2v) is 7.72. The van der Waals surface area contributed by atoms with Gasteiger partial charge in [-0.15, -0.1) is 0 Å². The van der Waals surface area contributed by atoms with Gasteiger partial charge in [0.1, 0.15) is 35.2 Å². The molecule has 0 aromatic heterocycles. The largest absolute Gasteiger partial charge is 0.508 e. The summed E-state index contributed by atoms with van der Waals surface area (Å²) in [6.45, 7) is -9.28. The van der Waals surface area contributed by atoms with Gasteiger partial charge in [0.05, 0.1) is 4.11 Å². The third-order valence-corrected chi connectivity index (χ3v) is 5.48. The third kappa shape index (κ3) is 4.29. The van der Waals surface area contributed by atoms with Gasteiger partial charge in [0.15, 0.2) is 0 Å². The monoisotopic (exact) mass is 456 g/mol. The van der Waals surface area contributed by atoms with E-state index < -0.39 is 38.8 Å². The second-order valence-electron chi connectivity index (χ2n) is 7.72. The summed E-state index contributed by atoms with van der Waals surface area (Å²) in [5.41, 5.74) is 0.288. The van der Waals surface area contributed by atoms with Crippen molar-refractivity contribution >= 4 is 11.1 Å². The van der Waals surface area contributed by atoms with Crippen LogP contribution in [0.15, 0.2) is 66.7 Å². The normalized spacial score (nSPS) is 25.8. The predicted octanol–water partition coefficient (Wildman–Crippen LogP) is 5.64. The number of aromatic hydroxyl groups is 2. The maximum absolute atomic E-state index is 10.2. The second kappa shape index (κ2) is 8.83. The summed E-state index contributed by atoms with van der Waals surface area (Å²) < 4.78 is 117. The molecular weight excluding hydrogens is 414 g/mol. The number of phenols is 2. The number of allylic oxidation sites excluding steroid dienone is 1. The van der Waals surface area contributed by atoms with Gasteiger partial charge in [-0.3, -0.25) is 4.90 Å². The molecule has 0 bridgehead atoms. The average Bonchev–Trinajstić information content (AvgIpc) is 2.89. The van der Waals surface area contributed by atoms with Gasteiger partial charge in [-0.25, -0.2) is 0 Å². The Labute approximate surface area is 212 Å². The van der Waals surface area contributed by atoms with E-state index >= 15 is 0 Å². The van der Waals surface area contributed by atoms with E-state index in [1.54, 1.807) is 0 Å². The van der Waals surface area contributed by atoms with Crippen molar-refractivity contribution in [1.29, 1.82) is 0 Å². The highest BCUT2D eigenvalue weighted by molar-refractivity contribution is 5.95. The lowest BCUT2D eigenvalue weighted by atomic mass is 9.86. The van der Waals surface area contributed by atoms with Crippen LogP contribution >= 0.6 is 0 Å². The van der Waals surface area contributed by atoms with Gasteiger partial charge in [0.25, 0.3) is 0 Å². The molecule has 2 heterocycles. The smallest absolute Gasteiger partial charge is 0.150 e. The van der Waals surface area contributed by atoms with Crippen LogP contribution in [0.4, 0.5) is 0 Å². The van der Waals surface area contributed by atoms with E-state index in [-0.39, 0.29) is 76.5 Å². The molecule has 2 aliphatic heterocycles. The fraction of sp³-hybridized carbons (Fsp3) is 0.286. The zero-order valence-corrected chi connectivity index (χ0v) is 17.3. The molecule has 3 aromatic carbocycles. The molecule has 2 aliphatic rings. The summed E-state index contributed by atoms with van der Waals surface area (Å²) in [5, 5.41) is 20.1. The molecule has 170 valence electrons. The Hall–Kier alpha value is -3.44. The highest BCUT2D eigenvalue weighted by Crippen LogP contribution is 2.47. The minimum absolute atomic E-state index is 0.0634. The van der Waals surface area contributed by atoms with Gasteiger partial charge in [-0.05, 0) is 72.7 Å². The summed E-state index contributed by atoms with van der Waals surface area (Å²) >= 11 is 0. The fourth-order valence-electron chi connectivity index (χ4n) is 3.83. The number of benzene rings is 3. The molecule has 0 saturated carbocycles. The van der Waals surface area contributed by atoms with E-state index in [9.17, 15) is 10.2 Å². The molecule has 0 aliphatic carbocycles. The van der Waals surface area contributed by atoms with Gasteiger partial charge in [0.2, 0.25) is 0 Å². The molecule has 33 heavy (non-hydrogen) atoms. The molecule has 5 rings (SSSR count). The van der Waals surface area contributed by atoms with Crippen LogP contribution in [0.2, 0.25) is 0 Å². The molecule has 1 saturated heterocycles. The van der Waals surface area contributed by atoms with Crippen LogP contribution in [0.25, 0.3) is 11.1 Å². The first-order valence-electron chi connectivity index (χ1n) is 16.7. The standard InChI is InChI=1S/C28H29NO4/c1-3-14-29-16-24(17-29)32-23-11-6-20(7-12-23)28-27(19-4-8-21(30)9-5-19)18(2)25-13-10-22(31)15-26(25)33-28/h4-13,15,24,28,30-31H,3,14,16-17H2,1-2H3/i1D3,2D3,3D2,11D,12D,13D,14D2.